The summed E-state index contributed by atoms with van der Waals surface area (Å²) in [6, 6.07) is 5.93. The summed E-state index contributed by atoms with van der Waals surface area (Å²) in [5.74, 6) is -1.42. The maximum absolute atomic E-state index is 12.1. The van der Waals surface area contributed by atoms with Gasteiger partial charge in [0, 0.05) is 5.69 Å². The molecule has 0 aliphatic carbocycles. The van der Waals surface area contributed by atoms with Crippen molar-refractivity contribution in [2.75, 3.05) is 18.4 Å². The standard InChI is InChI=1S/C16H24N4O4/c1-10(2)15(20-13(22)7-17)16(24)18-8-14(23)19-12-5-3-11(9-21)4-6-12/h3-6,10,15,21H,7-9,17H2,1-2H3,(H,18,24)(H,19,23)(H,20,22). The van der Waals surface area contributed by atoms with Gasteiger partial charge in [-0.2, -0.15) is 0 Å². The van der Waals surface area contributed by atoms with Gasteiger partial charge in [-0.05, 0) is 23.6 Å². The molecule has 1 aromatic carbocycles. The van der Waals surface area contributed by atoms with Crippen LogP contribution in [0.25, 0.3) is 0 Å². The normalized spacial score (nSPS) is 11.7. The van der Waals surface area contributed by atoms with Gasteiger partial charge in [-0.1, -0.05) is 26.0 Å². The minimum atomic E-state index is -0.752. The Morgan fingerprint density at radius 2 is 1.75 bits per heavy atom. The third kappa shape index (κ3) is 6.35. The third-order valence-corrected chi connectivity index (χ3v) is 3.29. The zero-order chi connectivity index (χ0) is 18.1. The van der Waals surface area contributed by atoms with Crippen molar-refractivity contribution < 1.29 is 19.5 Å². The lowest BCUT2D eigenvalue weighted by Crippen LogP contribution is -2.52. The lowest BCUT2D eigenvalue weighted by molar-refractivity contribution is -0.130. The fraction of sp³-hybridized carbons (Fsp3) is 0.438. The predicted octanol–water partition coefficient (Wildman–Crippen LogP) is -0.667. The lowest BCUT2D eigenvalue weighted by Gasteiger charge is -2.21. The molecule has 6 N–H and O–H groups in total. The molecule has 0 heterocycles. The first-order chi connectivity index (χ1) is 11.4. The lowest BCUT2D eigenvalue weighted by atomic mass is 10.0. The SMILES string of the molecule is CC(C)C(NC(=O)CN)C(=O)NCC(=O)Nc1ccc(CO)cc1. The number of nitrogens with two attached hydrogens (primary N) is 1. The molecule has 1 unspecified atom stereocenters. The van der Waals surface area contributed by atoms with Gasteiger partial charge in [-0.25, -0.2) is 0 Å². The zero-order valence-electron chi connectivity index (χ0n) is 13.8. The number of aliphatic hydroxyl groups excluding tert-OH is 1. The molecule has 0 aliphatic heterocycles. The maximum Gasteiger partial charge on any atom is 0.243 e. The van der Waals surface area contributed by atoms with E-state index in [0.717, 1.165) is 5.56 Å². The first kappa shape index (κ1) is 19.6. The summed E-state index contributed by atoms with van der Waals surface area (Å²) < 4.78 is 0. The van der Waals surface area contributed by atoms with E-state index in [2.05, 4.69) is 16.0 Å². The average molecular weight is 336 g/mol. The molecule has 1 rings (SSSR count). The Kier molecular flexibility index (Phi) is 7.87. The molecule has 0 radical (unpaired) electrons. The van der Waals surface area contributed by atoms with E-state index in [9.17, 15) is 14.4 Å². The van der Waals surface area contributed by atoms with Crippen molar-refractivity contribution in [2.45, 2.75) is 26.5 Å². The van der Waals surface area contributed by atoms with Crippen LogP contribution in [0.4, 0.5) is 5.69 Å². The number of hydrogen-bond donors (Lipinski definition) is 5. The van der Waals surface area contributed by atoms with E-state index in [0.29, 0.717) is 5.69 Å². The molecule has 3 amide bonds. The summed E-state index contributed by atoms with van der Waals surface area (Å²) in [5.41, 5.74) is 6.52. The first-order valence-electron chi connectivity index (χ1n) is 7.64. The van der Waals surface area contributed by atoms with Gasteiger partial charge in [0.25, 0.3) is 0 Å². The molecule has 8 heteroatoms. The number of carbonyl (C=O) groups is 3. The summed E-state index contributed by atoms with van der Waals surface area (Å²) in [6.07, 6.45) is 0. The van der Waals surface area contributed by atoms with Gasteiger partial charge < -0.3 is 26.8 Å². The van der Waals surface area contributed by atoms with E-state index >= 15 is 0 Å². The Morgan fingerprint density at radius 3 is 2.25 bits per heavy atom. The molecule has 1 aromatic rings. The Hall–Kier alpha value is -2.45. The van der Waals surface area contributed by atoms with Crippen molar-refractivity contribution >= 4 is 23.4 Å². The largest absolute Gasteiger partial charge is 0.392 e. The van der Waals surface area contributed by atoms with Crippen LogP contribution >= 0.6 is 0 Å². The van der Waals surface area contributed by atoms with Crippen LogP contribution in [-0.2, 0) is 21.0 Å². The highest BCUT2D eigenvalue weighted by atomic mass is 16.3. The van der Waals surface area contributed by atoms with Crippen LogP contribution < -0.4 is 21.7 Å². The van der Waals surface area contributed by atoms with Crippen molar-refractivity contribution in [1.29, 1.82) is 0 Å². The highest BCUT2D eigenvalue weighted by Gasteiger charge is 2.23. The van der Waals surface area contributed by atoms with Crippen molar-refractivity contribution in [1.82, 2.24) is 10.6 Å². The molecule has 8 nitrogen and oxygen atoms in total. The molecule has 0 aromatic heterocycles. The third-order valence-electron chi connectivity index (χ3n) is 3.29. The van der Waals surface area contributed by atoms with Crippen LogP contribution in [0.2, 0.25) is 0 Å². The summed E-state index contributed by atoms with van der Waals surface area (Å²) in [5, 5.41) is 16.6. The smallest absolute Gasteiger partial charge is 0.243 e. The number of benzene rings is 1. The Labute approximate surface area is 140 Å². The Bertz CT molecular complexity index is 572. The fourth-order valence-corrected chi connectivity index (χ4v) is 1.94. The van der Waals surface area contributed by atoms with E-state index in [4.69, 9.17) is 10.8 Å². The molecular weight excluding hydrogens is 312 g/mol. The summed E-state index contributed by atoms with van der Waals surface area (Å²) in [4.78, 5) is 35.3. The molecule has 132 valence electrons. The van der Waals surface area contributed by atoms with E-state index in [1.165, 1.54) is 0 Å². The quantitative estimate of drug-likeness (QED) is 0.429. The minimum absolute atomic E-state index is 0.0740. The van der Waals surface area contributed by atoms with Gasteiger partial charge in [0.05, 0.1) is 19.7 Å². The van der Waals surface area contributed by atoms with Crippen LogP contribution in [0.15, 0.2) is 24.3 Å². The number of amides is 3. The van der Waals surface area contributed by atoms with E-state index in [-0.39, 0.29) is 25.6 Å². The van der Waals surface area contributed by atoms with Gasteiger partial charge in [0.2, 0.25) is 17.7 Å². The minimum Gasteiger partial charge on any atom is -0.392 e. The number of anilines is 1. The number of hydrogen-bond acceptors (Lipinski definition) is 5. The fourth-order valence-electron chi connectivity index (χ4n) is 1.94. The monoisotopic (exact) mass is 336 g/mol. The van der Waals surface area contributed by atoms with Crippen molar-refractivity contribution in [3.63, 3.8) is 0 Å². The van der Waals surface area contributed by atoms with Crippen molar-refractivity contribution in [3.8, 4) is 0 Å². The number of rotatable bonds is 8. The van der Waals surface area contributed by atoms with Gasteiger partial charge in [-0.15, -0.1) is 0 Å². The molecule has 0 aliphatic rings. The number of aliphatic hydroxyl groups is 1. The first-order valence-corrected chi connectivity index (χ1v) is 7.64. The zero-order valence-corrected chi connectivity index (χ0v) is 13.8. The molecule has 0 spiro atoms. The highest BCUT2D eigenvalue weighted by molar-refractivity contribution is 5.96. The highest BCUT2D eigenvalue weighted by Crippen LogP contribution is 2.09. The predicted molar refractivity (Wildman–Crippen MR) is 89.8 cm³/mol. The van der Waals surface area contributed by atoms with Crippen LogP contribution in [0, 0.1) is 5.92 Å². The number of nitrogens with one attached hydrogen (secondary N) is 3. The second-order valence-corrected chi connectivity index (χ2v) is 5.61. The molecule has 0 bridgehead atoms. The van der Waals surface area contributed by atoms with Crippen LogP contribution in [0.5, 0.6) is 0 Å². The van der Waals surface area contributed by atoms with Gasteiger partial charge in [-0.3, -0.25) is 14.4 Å². The Balaban J connectivity index is 2.51. The second kappa shape index (κ2) is 9.64. The molecular formula is C16H24N4O4. The second-order valence-electron chi connectivity index (χ2n) is 5.61. The maximum atomic E-state index is 12.1. The number of carbonyl (C=O) groups excluding carboxylic acids is 3. The van der Waals surface area contributed by atoms with Gasteiger partial charge >= 0.3 is 0 Å². The van der Waals surface area contributed by atoms with Gasteiger partial charge in [0.15, 0.2) is 0 Å². The van der Waals surface area contributed by atoms with E-state index in [1.807, 2.05) is 0 Å². The van der Waals surface area contributed by atoms with Crippen LogP contribution in [-0.4, -0.2) is 42.0 Å². The molecule has 0 fully saturated rings. The van der Waals surface area contributed by atoms with Crippen LogP contribution in [0.3, 0.4) is 0 Å². The van der Waals surface area contributed by atoms with Gasteiger partial charge in [0.1, 0.15) is 6.04 Å². The Morgan fingerprint density at radius 1 is 1.12 bits per heavy atom. The van der Waals surface area contributed by atoms with E-state index in [1.54, 1.807) is 38.1 Å². The molecule has 24 heavy (non-hydrogen) atoms. The summed E-state index contributed by atoms with van der Waals surface area (Å²) in [7, 11) is 0. The van der Waals surface area contributed by atoms with E-state index < -0.39 is 23.8 Å². The summed E-state index contributed by atoms with van der Waals surface area (Å²) in [6.45, 7) is 3.06. The molecule has 0 saturated heterocycles. The summed E-state index contributed by atoms with van der Waals surface area (Å²) >= 11 is 0. The van der Waals surface area contributed by atoms with Crippen LogP contribution in [0.1, 0.15) is 19.4 Å². The average Bonchev–Trinajstić information content (AvgIpc) is 2.57. The van der Waals surface area contributed by atoms with Crippen molar-refractivity contribution in [3.05, 3.63) is 29.8 Å². The molecule has 1 atom stereocenters. The van der Waals surface area contributed by atoms with Crippen molar-refractivity contribution in [2.24, 2.45) is 11.7 Å². The topological polar surface area (TPSA) is 134 Å². The molecule has 0 saturated carbocycles.